The van der Waals surface area contributed by atoms with Gasteiger partial charge < -0.3 is 4.74 Å². The molecule has 27 heavy (non-hydrogen) atoms. The minimum atomic E-state index is 0.330. The van der Waals surface area contributed by atoms with Gasteiger partial charge in [-0.15, -0.1) is 13.2 Å². The van der Waals surface area contributed by atoms with Crippen LogP contribution in [0.25, 0.3) is 0 Å². The summed E-state index contributed by atoms with van der Waals surface area (Å²) in [6.45, 7) is 21.2. The van der Waals surface area contributed by atoms with Gasteiger partial charge in [0.25, 0.3) is 0 Å². The van der Waals surface area contributed by atoms with Crippen molar-refractivity contribution < 1.29 is 4.74 Å². The van der Waals surface area contributed by atoms with Gasteiger partial charge in [0.05, 0.1) is 12.2 Å². The summed E-state index contributed by atoms with van der Waals surface area (Å²) >= 11 is 0. The molecule has 0 aromatic carbocycles. The lowest BCUT2D eigenvalue weighted by Gasteiger charge is -2.24. The van der Waals surface area contributed by atoms with Crippen molar-refractivity contribution in [1.29, 1.82) is 0 Å². The normalized spacial score (nSPS) is 17.3. The Kier molecular flexibility index (Phi) is 15.3. The maximum Gasteiger partial charge on any atom is 0.0613 e. The van der Waals surface area contributed by atoms with Gasteiger partial charge in [0.15, 0.2) is 0 Å². The monoisotopic (exact) mass is 374 g/mol. The number of ether oxygens (including phenoxy) is 1. The van der Waals surface area contributed by atoms with Crippen molar-refractivity contribution in [3.8, 4) is 0 Å². The molecule has 0 radical (unpaired) electrons. The second-order valence-corrected chi connectivity index (χ2v) is 8.29. The molecule has 0 aliphatic rings. The van der Waals surface area contributed by atoms with Gasteiger partial charge in [-0.05, 0) is 77.0 Å². The van der Waals surface area contributed by atoms with Crippen LogP contribution in [0.1, 0.15) is 92.9 Å². The quantitative estimate of drug-likeness (QED) is 0.246. The molecule has 0 bridgehead atoms. The molecule has 0 aliphatic heterocycles. The zero-order valence-electron chi connectivity index (χ0n) is 19.1. The van der Waals surface area contributed by atoms with Crippen LogP contribution in [0.15, 0.2) is 48.6 Å². The van der Waals surface area contributed by atoms with E-state index in [0.717, 1.165) is 38.5 Å². The fourth-order valence-corrected chi connectivity index (χ4v) is 3.16. The zero-order chi connectivity index (χ0) is 20.7. The molecule has 4 unspecified atom stereocenters. The molecular formula is C26H46O. The summed E-state index contributed by atoms with van der Waals surface area (Å²) in [7, 11) is 0. The van der Waals surface area contributed by atoms with Gasteiger partial charge in [0.2, 0.25) is 0 Å². The fourth-order valence-electron chi connectivity index (χ4n) is 3.16. The number of allylic oxidation sites excluding steroid dienone is 4. The third-order valence-electron chi connectivity index (χ3n) is 5.43. The first-order chi connectivity index (χ1) is 12.9. The summed E-state index contributed by atoms with van der Waals surface area (Å²) in [5.74, 6) is 1.20. The Morgan fingerprint density at radius 2 is 1.15 bits per heavy atom. The van der Waals surface area contributed by atoms with Crippen LogP contribution in [0.4, 0.5) is 0 Å². The first kappa shape index (κ1) is 25.9. The highest BCUT2D eigenvalue weighted by molar-refractivity contribution is 5.02. The van der Waals surface area contributed by atoms with Crippen LogP contribution in [0.2, 0.25) is 0 Å². The maximum atomic E-state index is 6.47. The fraction of sp³-hybridized carbons (Fsp3) is 0.692. The molecule has 1 heteroatoms. The van der Waals surface area contributed by atoms with E-state index in [2.05, 4.69) is 66.9 Å². The van der Waals surface area contributed by atoms with E-state index < -0.39 is 0 Å². The van der Waals surface area contributed by atoms with Crippen LogP contribution in [-0.4, -0.2) is 12.2 Å². The van der Waals surface area contributed by atoms with Gasteiger partial charge in [-0.25, -0.2) is 0 Å². The van der Waals surface area contributed by atoms with Crippen LogP contribution < -0.4 is 0 Å². The molecule has 0 fully saturated rings. The molecule has 0 rings (SSSR count). The van der Waals surface area contributed by atoms with Crippen LogP contribution >= 0.6 is 0 Å². The molecule has 0 N–H and O–H groups in total. The molecule has 4 atom stereocenters. The van der Waals surface area contributed by atoms with Crippen molar-refractivity contribution in [2.45, 2.75) is 105 Å². The van der Waals surface area contributed by atoms with Crippen LogP contribution in [0.5, 0.6) is 0 Å². The largest absolute Gasteiger partial charge is 0.374 e. The SMILES string of the molecule is C=CC(C)CCC=C(C)CC(CC)OC(CC)CC(C)=CCCC(C)C=C. The minimum absolute atomic E-state index is 0.330. The molecule has 0 aliphatic carbocycles. The third-order valence-corrected chi connectivity index (χ3v) is 5.43. The molecule has 0 saturated carbocycles. The molecule has 0 spiro atoms. The first-order valence-corrected chi connectivity index (χ1v) is 11.1. The van der Waals surface area contributed by atoms with Crippen molar-refractivity contribution in [3.63, 3.8) is 0 Å². The summed E-state index contributed by atoms with van der Waals surface area (Å²) < 4.78 is 6.47. The standard InChI is InChI=1S/C26H46O/c1-9-21(5)15-13-17-23(7)19-25(11-3)27-26(12-4)20-24(8)18-14-16-22(6)10-2/h9-10,17-18,21-22,25-26H,1-2,11-16,19-20H2,3-8H3. The van der Waals surface area contributed by atoms with Crippen molar-refractivity contribution in [1.82, 2.24) is 0 Å². The van der Waals surface area contributed by atoms with Gasteiger partial charge in [-0.3, -0.25) is 0 Å². The van der Waals surface area contributed by atoms with E-state index in [1.54, 1.807) is 0 Å². The average molecular weight is 375 g/mol. The Balaban J connectivity index is 4.48. The van der Waals surface area contributed by atoms with E-state index in [-0.39, 0.29) is 0 Å². The highest BCUT2D eigenvalue weighted by Gasteiger charge is 2.15. The smallest absolute Gasteiger partial charge is 0.0613 e. The van der Waals surface area contributed by atoms with Crippen LogP contribution in [0, 0.1) is 11.8 Å². The predicted octanol–water partition coefficient (Wildman–Crippen LogP) is 8.44. The number of hydrogen-bond acceptors (Lipinski definition) is 1. The molecule has 0 amide bonds. The van der Waals surface area contributed by atoms with Gasteiger partial charge in [-0.2, -0.15) is 0 Å². The third kappa shape index (κ3) is 13.7. The lowest BCUT2D eigenvalue weighted by molar-refractivity contribution is -0.0146. The lowest BCUT2D eigenvalue weighted by Crippen LogP contribution is -2.22. The summed E-state index contributed by atoms with van der Waals surface area (Å²) in [5, 5.41) is 0. The summed E-state index contributed by atoms with van der Waals surface area (Å²) in [4.78, 5) is 0. The van der Waals surface area contributed by atoms with E-state index in [1.165, 1.54) is 24.0 Å². The van der Waals surface area contributed by atoms with Gasteiger partial charge in [0, 0.05) is 0 Å². The summed E-state index contributed by atoms with van der Waals surface area (Å²) in [6, 6.07) is 0. The Labute approximate surface area is 170 Å². The van der Waals surface area contributed by atoms with E-state index in [1.807, 2.05) is 12.2 Å². The van der Waals surface area contributed by atoms with Crippen molar-refractivity contribution >= 4 is 0 Å². The van der Waals surface area contributed by atoms with Crippen molar-refractivity contribution in [3.05, 3.63) is 48.6 Å². The molecular weight excluding hydrogens is 328 g/mol. The van der Waals surface area contributed by atoms with E-state index in [9.17, 15) is 0 Å². The van der Waals surface area contributed by atoms with Crippen LogP contribution in [0.3, 0.4) is 0 Å². The van der Waals surface area contributed by atoms with Gasteiger partial charge >= 0.3 is 0 Å². The first-order valence-electron chi connectivity index (χ1n) is 11.1. The highest BCUT2D eigenvalue weighted by Crippen LogP contribution is 2.21. The molecule has 1 nitrogen and oxygen atoms in total. The lowest BCUT2D eigenvalue weighted by atomic mass is 10.0. The average Bonchev–Trinajstić information content (AvgIpc) is 2.66. The summed E-state index contributed by atoms with van der Waals surface area (Å²) in [5.41, 5.74) is 2.91. The van der Waals surface area contributed by atoms with Gasteiger partial charge in [-0.1, -0.05) is 63.1 Å². The molecule has 0 heterocycles. The Bertz CT molecular complexity index is 415. The maximum absolute atomic E-state index is 6.47. The topological polar surface area (TPSA) is 9.23 Å². The number of rotatable bonds is 16. The van der Waals surface area contributed by atoms with Crippen molar-refractivity contribution in [2.24, 2.45) is 11.8 Å². The van der Waals surface area contributed by atoms with E-state index >= 15 is 0 Å². The molecule has 0 saturated heterocycles. The predicted molar refractivity (Wildman–Crippen MR) is 123 cm³/mol. The van der Waals surface area contributed by atoms with Crippen molar-refractivity contribution in [2.75, 3.05) is 0 Å². The highest BCUT2D eigenvalue weighted by atomic mass is 16.5. The molecule has 0 aromatic rings. The minimum Gasteiger partial charge on any atom is -0.374 e. The molecule has 0 aromatic heterocycles. The Morgan fingerprint density at radius 3 is 1.44 bits per heavy atom. The zero-order valence-corrected chi connectivity index (χ0v) is 19.1. The number of hydrogen-bond donors (Lipinski definition) is 0. The van der Waals surface area contributed by atoms with E-state index in [0.29, 0.717) is 24.0 Å². The molecule has 156 valence electrons. The van der Waals surface area contributed by atoms with Crippen LogP contribution in [-0.2, 0) is 4.74 Å². The van der Waals surface area contributed by atoms with Gasteiger partial charge in [0.1, 0.15) is 0 Å². The summed E-state index contributed by atoms with van der Waals surface area (Å²) in [6.07, 6.45) is 18.4. The second kappa shape index (κ2) is 15.9. The Hall–Kier alpha value is -1.08. The second-order valence-electron chi connectivity index (χ2n) is 8.29. The van der Waals surface area contributed by atoms with E-state index in [4.69, 9.17) is 4.74 Å². The Morgan fingerprint density at radius 1 is 0.778 bits per heavy atom.